The molecule has 0 radical (unpaired) electrons. The van der Waals surface area contributed by atoms with E-state index in [0.717, 1.165) is 28.8 Å². The summed E-state index contributed by atoms with van der Waals surface area (Å²) in [4.78, 5) is 0.308. The zero-order valence-corrected chi connectivity index (χ0v) is 13.8. The third-order valence-corrected chi connectivity index (χ3v) is 5.32. The Kier molecular flexibility index (Phi) is 3.60. The minimum atomic E-state index is -3.57. The summed E-state index contributed by atoms with van der Waals surface area (Å²) < 4.78 is 27.9. The summed E-state index contributed by atoms with van der Waals surface area (Å²) in [5, 5.41) is 3.33. The normalized spacial score (nSPS) is 17.0. The molecule has 3 rings (SSSR count). The smallest absolute Gasteiger partial charge is 0.261 e. The van der Waals surface area contributed by atoms with Gasteiger partial charge in [-0.3, -0.25) is 4.72 Å². The van der Waals surface area contributed by atoms with Gasteiger partial charge in [0.05, 0.1) is 10.6 Å². The molecule has 1 aliphatic rings. The van der Waals surface area contributed by atoms with Crippen LogP contribution in [-0.2, 0) is 16.4 Å². The van der Waals surface area contributed by atoms with Crippen LogP contribution in [0.1, 0.15) is 23.6 Å². The molecule has 4 nitrogen and oxygen atoms in total. The summed E-state index contributed by atoms with van der Waals surface area (Å²) in [6.45, 7) is 5.92. The molecule has 1 aliphatic heterocycles. The van der Waals surface area contributed by atoms with E-state index in [2.05, 4.69) is 17.0 Å². The van der Waals surface area contributed by atoms with E-state index in [9.17, 15) is 8.42 Å². The van der Waals surface area contributed by atoms with Gasteiger partial charge in [0.1, 0.15) is 0 Å². The molecular weight excluding hydrogens is 296 g/mol. The Balaban J connectivity index is 1.94. The molecule has 2 aromatic rings. The van der Waals surface area contributed by atoms with Gasteiger partial charge in [0.25, 0.3) is 10.0 Å². The molecule has 1 heterocycles. The van der Waals surface area contributed by atoms with Gasteiger partial charge < -0.3 is 5.32 Å². The van der Waals surface area contributed by atoms with E-state index in [-0.39, 0.29) is 0 Å². The predicted molar refractivity (Wildman–Crippen MR) is 90.0 cm³/mol. The van der Waals surface area contributed by atoms with Gasteiger partial charge in [-0.1, -0.05) is 12.1 Å². The summed E-state index contributed by atoms with van der Waals surface area (Å²) in [6, 6.07) is 11.3. The first kappa shape index (κ1) is 14.9. The molecule has 0 bridgehead atoms. The quantitative estimate of drug-likeness (QED) is 0.911. The first-order valence-electron chi connectivity index (χ1n) is 7.35. The van der Waals surface area contributed by atoms with Gasteiger partial charge in [0, 0.05) is 11.7 Å². The lowest BCUT2D eigenvalue weighted by atomic mass is 10.1. The Morgan fingerprint density at radius 3 is 2.68 bits per heavy atom. The molecule has 5 heteroatoms. The second kappa shape index (κ2) is 5.32. The molecule has 0 unspecified atom stereocenters. The predicted octanol–water partition coefficient (Wildman–Crippen LogP) is 3.46. The van der Waals surface area contributed by atoms with Crippen LogP contribution in [0.2, 0.25) is 0 Å². The molecule has 1 atom stereocenters. The van der Waals surface area contributed by atoms with Crippen LogP contribution in [0.4, 0.5) is 11.4 Å². The lowest BCUT2D eigenvalue weighted by Gasteiger charge is -2.12. The van der Waals surface area contributed by atoms with Crippen LogP contribution in [0, 0.1) is 13.8 Å². The summed E-state index contributed by atoms with van der Waals surface area (Å²) in [5.74, 6) is 0. The lowest BCUT2D eigenvalue weighted by Crippen LogP contribution is -2.14. The molecule has 0 spiro atoms. The van der Waals surface area contributed by atoms with E-state index in [0.29, 0.717) is 16.6 Å². The third kappa shape index (κ3) is 2.81. The van der Waals surface area contributed by atoms with Crippen LogP contribution in [0.5, 0.6) is 0 Å². The first-order chi connectivity index (χ1) is 10.3. The van der Waals surface area contributed by atoms with Gasteiger partial charge in [-0.25, -0.2) is 8.42 Å². The van der Waals surface area contributed by atoms with Crippen molar-refractivity contribution >= 4 is 21.4 Å². The number of rotatable bonds is 3. The largest absolute Gasteiger partial charge is 0.382 e. The molecule has 116 valence electrons. The van der Waals surface area contributed by atoms with Crippen LogP contribution < -0.4 is 10.0 Å². The topological polar surface area (TPSA) is 58.2 Å². The van der Waals surface area contributed by atoms with E-state index in [1.807, 2.05) is 38.1 Å². The molecule has 0 aromatic heterocycles. The average molecular weight is 316 g/mol. The molecule has 2 N–H and O–H groups in total. The molecule has 22 heavy (non-hydrogen) atoms. The number of benzene rings is 2. The van der Waals surface area contributed by atoms with Crippen LogP contribution in [0.3, 0.4) is 0 Å². The lowest BCUT2D eigenvalue weighted by molar-refractivity contribution is 0.601. The highest BCUT2D eigenvalue weighted by atomic mass is 32.2. The summed E-state index contributed by atoms with van der Waals surface area (Å²) in [5.41, 5.74) is 4.64. The van der Waals surface area contributed by atoms with Crippen molar-refractivity contribution in [3.8, 4) is 0 Å². The van der Waals surface area contributed by atoms with Crippen molar-refractivity contribution in [1.29, 1.82) is 0 Å². The van der Waals surface area contributed by atoms with E-state index in [4.69, 9.17) is 0 Å². The Morgan fingerprint density at radius 2 is 1.91 bits per heavy atom. The number of sulfonamides is 1. The van der Waals surface area contributed by atoms with E-state index >= 15 is 0 Å². The number of hydrogen-bond donors (Lipinski definition) is 2. The van der Waals surface area contributed by atoms with Crippen LogP contribution in [0.15, 0.2) is 41.3 Å². The van der Waals surface area contributed by atoms with E-state index in [1.165, 1.54) is 0 Å². The Morgan fingerprint density at radius 1 is 1.14 bits per heavy atom. The molecular formula is C17H20N2O2S. The highest BCUT2D eigenvalue weighted by Crippen LogP contribution is 2.29. The van der Waals surface area contributed by atoms with Crippen molar-refractivity contribution in [3.05, 3.63) is 53.1 Å². The standard InChI is InChI=1S/C17H20N2O2S/c1-11-4-5-12(2)17(8-11)19-22(20,21)15-6-7-16-14(10-15)9-13(3)18-16/h4-8,10,13,18-19H,9H2,1-3H3/t13-/m1/s1. The molecule has 0 aliphatic carbocycles. The molecule has 0 saturated heterocycles. The monoisotopic (exact) mass is 316 g/mol. The molecule has 0 amide bonds. The minimum absolute atomic E-state index is 0.308. The zero-order valence-electron chi connectivity index (χ0n) is 13.0. The maximum Gasteiger partial charge on any atom is 0.261 e. The summed E-state index contributed by atoms with van der Waals surface area (Å²) in [7, 11) is -3.57. The van der Waals surface area contributed by atoms with Crippen LogP contribution in [-0.4, -0.2) is 14.5 Å². The van der Waals surface area contributed by atoms with E-state index < -0.39 is 10.0 Å². The third-order valence-electron chi connectivity index (χ3n) is 3.95. The van der Waals surface area contributed by atoms with Crippen molar-refractivity contribution in [3.63, 3.8) is 0 Å². The fourth-order valence-electron chi connectivity index (χ4n) is 2.74. The fourth-order valence-corrected chi connectivity index (χ4v) is 3.91. The number of fused-ring (bicyclic) bond motifs is 1. The van der Waals surface area contributed by atoms with Crippen molar-refractivity contribution in [2.45, 2.75) is 38.1 Å². The second-order valence-corrected chi connectivity index (χ2v) is 7.67. The Bertz CT molecular complexity index is 829. The minimum Gasteiger partial charge on any atom is -0.382 e. The SMILES string of the molecule is Cc1ccc(C)c(NS(=O)(=O)c2ccc3c(c2)C[C@@H](C)N3)c1. The number of nitrogens with one attached hydrogen (secondary N) is 2. The Labute approximate surface area is 131 Å². The van der Waals surface area contributed by atoms with Gasteiger partial charge in [0.15, 0.2) is 0 Å². The van der Waals surface area contributed by atoms with Crippen molar-refractivity contribution < 1.29 is 8.42 Å². The summed E-state index contributed by atoms with van der Waals surface area (Å²) >= 11 is 0. The number of anilines is 2. The van der Waals surface area contributed by atoms with Crippen molar-refractivity contribution in [2.75, 3.05) is 10.0 Å². The van der Waals surface area contributed by atoms with Gasteiger partial charge in [-0.05, 0) is 68.1 Å². The van der Waals surface area contributed by atoms with E-state index in [1.54, 1.807) is 12.1 Å². The Hall–Kier alpha value is -2.01. The molecule has 0 saturated carbocycles. The van der Waals surface area contributed by atoms with Crippen molar-refractivity contribution in [2.24, 2.45) is 0 Å². The highest BCUT2D eigenvalue weighted by molar-refractivity contribution is 7.92. The highest BCUT2D eigenvalue weighted by Gasteiger charge is 2.21. The summed E-state index contributed by atoms with van der Waals surface area (Å²) in [6.07, 6.45) is 0.849. The van der Waals surface area contributed by atoms with Crippen LogP contribution in [0.25, 0.3) is 0 Å². The second-order valence-electron chi connectivity index (χ2n) is 5.99. The van der Waals surface area contributed by atoms with Gasteiger partial charge in [-0.2, -0.15) is 0 Å². The molecule has 0 fully saturated rings. The first-order valence-corrected chi connectivity index (χ1v) is 8.83. The van der Waals surface area contributed by atoms with Gasteiger partial charge >= 0.3 is 0 Å². The number of hydrogen-bond acceptors (Lipinski definition) is 3. The maximum atomic E-state index is 12.6. The van der Waals surface area contributed by atoms with Gasteiger partial charge in [0.2, 0.25) is 0 Å². The van der Waals surface area contributed by atoms with Crippen LogP contribution >= 0.6 is 0 Å². The van der Waals surface area contributed by atoms with Crippen molar-refractivity contribution in [1.82, 2.24) is 0 Å². The number of aryl methyl sites for hydroxylation is 2. The molecule has 2 aromatic carbocycles. The average Bonchev–Trinajstić information content (AvgIpc) is 2.81. The maximum absolute atomic E-state index is 12.6. The van der Waals surface area contributed by atoms with Gasteiger partial charge in [-0.15, -0.1) is 0 Å². The fraction of sp³-hybridized carbons (Fsp3) is 0.294. The zero-order chi connectivity index (χ0) is 15.9.